The molecule has 0 radical (unpaired) electrons. The highest BCUT2D eigenvalue weighted by Crippen LogP contribution is 2.33. The first-order valence-electron chi connectivity index (χ1n) is 9.27. The minimum Gasteiger partial charge on any atom is -0.393 e. The number of nitrogens with one attached hydrogen (secondary N) is 1. The van der Waals surface area contributed by atoms with Gasteiger partial charge in [-0.25, -0.2) is 0 Å². The van der Waals surface area contributed by atoms with Crippen molar-refractivity contribution in [3.05, 3.63) is 0 Å². The van der Waals surface area contributed by atoms with Gasteiger partial charge >= 0.3 is 0 Å². The van der Waals surface area contributed by atoms with Crippen LogP contribution >= 0.6 is 0 Å². The van der Waals surface area contributed by atoms with E-state index < -0.39 is 0 Å². The minimum absolute atomic E-state index is 0.124. The molecule has 0 spiro atoms. The topological polar surface area (TPSA) is 35.5 Å². The van der Waals surface area contributed by atoms with Gasteiger partial charge in [-0.1, -0.05) is 20.3 Å². The van der Waals surface area contributed by atoms with E-state index in [0.29, 0.717) is 17.9 Å². The van der Waals surface area contributed by atoms with Crippen molar-refractivity contribution in [2.45, 2.75) is 77.0 Å². The van der Waals surface area contributed by atoms with Crippen LogP contribution in [0, 0.1) is 17.8 Å². The highest BCUT2D eigenvalue weighted by molar-refractivity contribution is 4.93. The summed E-state index contributed by atoms with van der Waals surface area (Å²) < 4.78 is 0. The molecule has 1 heterocycles. The Balaban J connectivity index is 1.50. The van der Waals surface area contributed by atoms with E-state index in [0.717, 1.165) is 18.4 Å². The van der Waals surface area contributed by atoms with Gasteiger partial charge in [0.05, 0.1) is 6.10 Å². The Bertz CT molecular complexity index is 323. The van der Waals surface area contributed by atoms with Crippen LogP contribution in [-0.4, -0.2) is 47.8 Å². The number of hydrogen-bond donors (Lipinski definition) is 2. The molecule has 3 unspecified atom stereocenters. The summed E-state index contributed by atoms with van der Waals surface area (Å²) in [6.45, 7) is 7.96. The monoisotopic (exact) mass is 294 g/mol. The molecule has 0 aromatic carbocycles. The number of likely N-dealkylation sites (tertiary alicyclic amines) is 1. The van der Waals surface area contributed by atoms with Crippen LogP contribution in [0.25, 0.3) is 0 Å². The largest absolute Gasteiger partial charge is 0.393 e. The van der Waals surface area contributed by atoms with Crippen molar-refractivity contribution < 1.29 is 5.11 Å². The summed E-state index contributed by atoms with van der Waals surface area (Å²) in [4.78, 5) is 2.71. The fourth-order valence-electron chi connectivity index (χ4n) is 3.94. The van der Waals surface area contributed by atoms with Gasteiger partial charge < -0.3 is 10.4 Å². The zero-order chi connectivity index (χ0) is 14.8. The van der Waals surface area contributed by atoms with E-state index >= 15 is 0 Å². The third-order valence-corrected chi connectivity index (χ3v) is 5.89. The van der Waals surface area contributed by atoms with Crippen molar-refractivity contribution in [3.63, 3.8) is 0 Å². The molecule has 3 heteroatoms. The first-order chi connectivity index (χ1) is 10.1. The lowest BCUT2D eigenvalue weighted by Crippen LogP contribution is -2.51. The van der Waals surface area contributed by atoms with E-state index in [2.05, 4.69) is 24.1 Å². The van der Waals surface area contributed by atoms with E-state index in [1.54, 1.807) is 0 Å². The minimum atomic E-state index is -0.124. The van der Waals surface area contributed by atoms with E-state index in [1.807, 2.05) is 0 Å². The Labute approximate surface area is 130 Å². The maximum Gasteiger partial charge on any atom is 0.0566 e. The Kier molecular flexibility index (Phi) is 5.23. The average Bonchev–Trinajstić information content (AvgIpc) is 3.20. The van der Waals surface area contributed by atoms with Gasteiger partial charge in [0.1, 0.15) is 0 Å². The normalized spacial score (nSPS) is 33.1. The summed E-state index contributed by atoms with van der Waals surface area (Å²) in [5.74, 6) is 2.01. The van der Waals surface area contributed by atoms with Gasteiger partial charge in [-0.15, -0.1) is 0 Å². The van der Waals surface area contributed by atoms with E-state index in [4.69, 9.17) is 0 Å². The molecule has 3 atom stereocenters. The van der Waals surface area contributed by atoms with Crippen LogP contribution in [0.1, 0.15) is 58.8 Å². The number of piperidine rings is 1. The molecular formula is C18H34N2O. The summed E-state index contributed by atoms with van der Waals surface area (Å²) >= 11 is 0. The molecule has 0 bridgehead atoms. The van der Waals surface area contributed by atoms with Gasteiger partial charge in [-0.3, -0.25) is 4.90 Å². The molecule has 122 valence electrons. The molecule has 0 amide bonds. The molecule has 0 aromatic rings. The molecular weight excluding hydrogens is 260 g/mol. The number of rotatable bonds is 7. The number of nitrogens with zero attached hydrogens (tertiary/aromatic N) is 1. The van der Waals surface area contributed by atoms with Crippen LogP contribution in [0.3, 0.4) is 0 Å². The van der Waals surface area contributed by atoms with Crippen LogP contribution in [0.15, 0.2) is 0 Å². The fraction of sp³-hybridized carbons (Fsp3) is 1.00. The predicted molar refractivity (Wildman–Crippen MR) is 87.3 cm³/mol. The Morgan fingerprint density at radius 1 is 1.10 bits per heavy atom. The standard InChI is InChI=1S/C18H34N2O/c1-13(2)18(21)9-15-8-16(19-10-14-4-3-5-14)12-20(11-15)17-6-7-17/h13-19,21H,3-12H2,1-2H3. The van der Waals surface area contributed by atoms with Gasteiger partial charge in [0, 0.05) is 25.2 Å². The van der Waals surface area contributed by atoms with Crippen LogP contribution in [0.2, 0.25) is 0 Å². The van der Waals surface area contributed by atoms with Crippen molar-refractivity contribution in [2.24, 2.45) is 17.8 Å². The maximum atomic E-state index is 10.2. The second-order valence-corrected chi connectivity index (χ2v) is 8.24. The van der Waals surface area contributed by atoms with E-state index in [-0.39, 0.29) is 6.10 Å². The Morgan fingerprint density at radius 2 is 1.86 bits per heavy atom. The second kappa shape index (κ2) is 6.97. The molecule has 1 saturated heterocycles. The summed E-state index contributed by atoms with van der Waals surface area (Å²) in [7, 11) is 0. The second-order valence-electron chi connectivity index (χ2n) is 8.24. The quantitative estimate of drug-likeness (QED) is 0.758. The summed E-state index contributed by atoms with van der Waals surface area (Å²) in [5.41, 5.74) is 0. The summed E-state index contributed by atoms with van der Waals surface area (Å²) in [5, 5.41) is 14.1. The molecule has 3 nitrogen and oxygen atoms in total. The first kappa shape index (κ1) is 15.8. The maximum absolute atomic E-state index is 10.2. The van der Waals surface area contributed by atoms with Crippen molar-refractivity contribution in [2.75, 3.05) is 19.6 Å². The van der Waals surface area contributed by atoms with Gasteiger partial charge in [0.15, 0.2) is 0 Å². The van der Waals surface area contributed by atoms with Crippen molar-refractivity contribution >= 4 is 0 Å². The predicted octanol–water partition coefficient (Wildman–Crippen LogP) is 2.64. The molecule has 0 aromatic heterocycles. The molecule has 2 aliphatic carbocycles. The highest BCUT2D eigenvalue weighted by atomic mass is 16.3. The molecule has 1 aliphatic heterocycles. The van der Waals surface area contributed by atoms with Gasteiger partial charge in [-0.05, 0) is 62.8 Å². The molecule has 2 N–H and O–H groups in total. The Hall–Kier alpha value is -0.120. The van der Waals surface area contributed by atoms with Crippen molar-refractivity contribution in [1.29, 1.82) is 0 Å². The number of hydrogen-bond acceptors (Lipinski definition) is 3. The number of aliphatic hydroxyl groups is 1. The van der Waals surface area contributed by atoms with Crippen LogP contribution < -0.4 is 5.32 Å². The van der Waals surface area contributed by atoms with Gasteiger partial charge in [0.25, 0.3) is 0 Å². The summed E-state index contributed by atoms with van der Waals surface area (Å²) in [6, 6.07) is 1.52. The third-order valence-electron chi connectivity index (χ3n) is 5.89. The lowest BCUT2D eigenvalue weighted by Gasteiger charge is -2.40. The SMILES string of the molecule is CC(C)C(O)CC1CC(NCC2CCC2)CN(C2CC2)C1. The van der Waals surface area contributed by atoms with Crippen LogP contribution in [0.4, 0.5) is 0 Å². The third kappa shape index (κ3) is 4.43. The van der Waals surface area contributed by atoms with Crippen LogP contribution in [0.5, 0.6) is 0 Å². The first-order valence-corrected chi connectivity index (χ1v) is 9.27. The van der Waals surface area contributed by atoms with Crippen molar-refractivity contribution in [3.8, 4) is 0 Å². The van der Waals surface area contributed by atoms with Gasteiger partial charge in [-0.2, -0.15) is 0 Å². The smallest absolute Gasteiger partial charge is 0.0566 e. The van der Waals surface area contributed by atoms with Crippen molar-refractivity contribution in [1.82, 2.24) is 10.2 Å². The Morgan fingerprint density at radius 3 is 2.43 bits per heavy atom. The lowest BCUT2D eigenvalue weighted by atomic mass is 9.84. The number of aliphatic hydroxyl groups excluding tert-OH is 1. The van der Waals surface area contributed by atoms with Crippen LogP contribution in [-0.2, 0) is 0 Å². The molecule has 2 saturated carbocycles. The molecule has 3 fully saturated rings. The zero-order valence-electron chi connectivity index (χ0n) is 13.9. The van der Waals surface area contributed by atoms with E-state index in [1.165, 1.54) is 58.2 Å². The lowest BCUT2D eigenvalue weighted by molar-refractivity contribution is 0.0579. The van der Waals surface area contributed by atoms with Gasteiger partial charge in [0.2, 0.25) is 0 Å². The average molecular weight is 294 g/mol. The van der Waals surface area contributed by atoms with E-state index in [9.17, 15) is 5.11 Å². The summed E-state index contributed by atoms with van der Waals surface area (Å²) in [6.07, 6.45) is 9.23. The molecule has 21 heavy (non-hydrogen) atoms. The molecule has 3 rings (SSSR count). The highest BCUT2D eigenvalue weighted by Gasteiger charge is 2.37. The fourth-order valence-corrected chi connectivity index (χ4v) is 3.94. The zero-order valence-corrected chi connectivity index (χ0v) is 13.9. The molecule has 3 aliphatic rings.